The van der Waals surface area contributed by atoms with Crippen LogP contribution in [0, 0.1) is 5.92 Å². The fourth-order valence-electron chi connectivity index (χ4n) is 2.73. The largest absolute Gasteiger partial charge is 0.481 e. The minimum Gasteiger partial charge on any atom is -0.481 e. The second kappa shape index (κ2) is 7.04. The molecule has 0 radical (unpaired) electrons. The maximum absolute atomic E-state index is 12.5. The molecule has 1 aliphatic heterocycles. The van der Waals surface area contributed by atoms with Gasteiger partial charge in [-0.2, -0.15) is 0 Å². The van der Waals surface area contributed by atoms with E-state index in [0.29, 0.717) is 19.8 Å². The highest BCUT2D eigenvalue weighted by molar-refractivity contribution is 5.83. The zero-order valence-corrected chi connectivity index (χ0v) is 11.9. The van der Waals surface area contributed by atoms with Crippen molar-refractivity contribution in [2.24, 2.45) is 5.92 Å². The SMILES string of the molecule is CCOC1CC1C(=O)N(CCC(=O)O)C1CCOCC1. The summed E-state index contributed by atoms with van der Waals surface area (Å²) in [6.07, 6.45) is 2.36. The van der Waals surface area contributed by atoms with Crippen LogP contribution in [0.2, 0.25) is 0 Å². The Morgan fingerprint density at radius 3 is 2.65 bits per heavy atom. The molecule has 2 atom stereocenters. The molecule has 1 heterocycles. The van der Waals surface area contributed by atoms with Crippen molar-refractivity contribution < 1.29 is 24.2 Å². The van der Waals surface area contributed by atoms with Crippen LogP contribution in [0.3, 0.4) is 0 Å². The molecule has 0 aromatic rings. The van der Waals surface area contributed by atoms with Gasteiger partial charge in [0.2, 0.25) is 5.91 Å². The molecule has 0 spiro atoms. The standard InChI is InChI=1S/C14H23NO5/c1-2-20-12-9-11(12)14(18)15(6-3-13(16)17)10-4-7-19-8-5-10/h10-12H,2-9H2,1H3,(H,16,17). The molecule has 0 aromatic carbocycles. The van der Waals surface area contributed by atoms with Gasteiger partial charge >= 0.3 is 5.97 Å². The van der Waals surface area contributed by atoms with Crippen LogP contribution in [-0.4, -0.2) is 60.4 Å². The topological polar surface area (TPSA) is 76.1 Å². The summed E-state index contributed by atoms with van der Waals surface area (Å²) in [6, 6.07) is 0.110. The lowest BCUT2D eigenvalue weighted by molar-refractivity contribution is -0.141. The molecule has 2 unspecified atom stereocenters. The minimum atomic E-state index is -0.869. The molecular weight excluding hydrogens is 262 g/mol. The number of nitrogens with zero attached hydrogens (tertiary/aromatic N) is 1. The van der Waals surface area contributed by atoms with Crippen molar-refractivity contribution in [3.8, 4) is 0 Å². The Balaban J connectivity index is 1.94. The van der Waals surface area contributed by atoms with E-state index in [-0.39, 0.29) is 36.9 Å². The van der Waals surface area contributed by atoms with Gasteiger partial charge in [-0.05, 0) is 26.2 Å². The number of carboxylic acids is 1. The maximum Gasteiger partial charge on any atom is 0.305 e. The van der Waals surface area contributed by atoms with Crippen molar-refractivity contribution in [2.75, 3.05) is 26.4 Å². The van der Waals surface area contributed by atoms with Gasteiger partial charge in [-0.15, -0.1) is 0 Å². The summed E-state index contributed by atoms with van der Waals surface area (Å²) in [4.78, 5) is 25.0. The second-order valence-electron chi connectivity index (χ2n) is 5.35. The Morgan fingerprint density at radius 2 is 2.05 bits per heavy atom. The molecule has 0 bridgehead atoms. The highest BCUT2D eigenvalue weighted by Crippen LogP contribution is 2.36. The fraction of sp³-hybridized carbons (Fsp3) is 0.857. The first kappa shape index (κ1) is 15.3. The van der Waals surface area contributed by atoms with E-state index < -0.39 is 5.97 Å². The average Bonchev–Trinajstić information content (AvgIpc) is 3.19. The Hall–Kier alpha value is -1.14. The van der Waals surface area contributed by atoms with Gasteiger partial charge in [-0.25, -0.2) is 0 Å². The number of carbonyl (C=O) groups excluding carboxylic acids is 1. The summed E-state index contributed by atoms with van der Waals surface area (Å²) in [7, 11) is 0. The number of carbonyl (C=O) groups is 2. The van der Waals surface area contributed by atoms with Crippen molar-refractivity contribution in [3.63, 3.8) is 0 Å². The average molecular weight is 285 g/mol. The van der Waals surface area contributed by atoms with E-state index in [9.17, 15) is 9.59 Å². The number of hydrogen-bond donors (Lipinski definition) is 1. The third-order valence-corrected chi connectivity index (χ3v) is 3.91. The molecule has 2 rings (SSSR count). The zero-order chi connectivity index (χ0) is 14.5. The lowest BCUT2D eigenvalue weighted by atomic mass is 10.1. The normalized spacial score (nSPS) is 26.2. The van der Waals surface area contributed by atoms with Gasteiger partial charge in [0.25, 0.3) is 0 Å². The third kappa shape index (κ3) is 3.93. The van der Waals surface area contributed by atoms with Gasteiger partial charge in [0.15, 0.2) is 0 Å². The first-order chi connectivity index (χ1) is 9.63. The third-order valence-electron chi connectivity index (χ3n) is 3.91. The minimum absolute atomic E-state index is 0.00484. The maximum atomic E-state index is 12.5. The van der Waals surface area contributed by atoms with Crippen LogP contribution in [0.4, 0.5) is 0 Å². The summed E-state index contributed by atoms with van der Waals surface area (Å²) < 4.78 is 10.8. The monoisotopic (exact) mass is 285 g/mol. The predicted molar refractivity (Wildman–Crippen MR) is 71.3 cm³/mol. The first-order valence-corrected chi connectivity index (χ1v) is 7.35. The van der Waals surface area contributed by atoms with Crippen LogP contribution in [0.1, 0.15) is 32.6 Å². The number of carboxylic acid groups (broad SMARTS) is 1. The van der Waals surface area contributed by atoms with E-state index in [0.717, 1.165) is 19.3 Å². The number of hydrogen-bond acceptors (Lipinski definition) is 4. The van der Waals surface area contributed by atoms with Crippen LogP contribution in [-0.2, 0) is 19.1 Å². The van der Waals surface area contributed by atoms with Gasteiger partial charge in [-0.3, -0.25) is 9.59 Å². The van der Waals surface area contributed by atoms with Gasteiger partial charge in [0, 0.05) is 32.4 Å². The number of amides is 1. The molecule has 1 aliphatic carbocycles. The number of ether oxygens (including phenoxy) is 2. The van der Waals surface area contributed by atoms with Gasteiger partial charge < -0.3 is 19.5 Å². The van der Waals surface area contributed by atoms with E-state index in [2.05, 4.69) is 0 Å². The molecule has 6 nitrogen and oxygen atoms in total. The molecule has 0 aromatic heterocycles. The van der Waals surface area contributed by atoms with E-state index in [1.807, 2.05) is 6.92 Å². The highest BCUT2D eigenvalue weighted by atomic mass is 16.5. The summed E-state index contributed by atoms with van der Waals surface area (Å²) in [6.45, 7) is 4.09. The Bertz CT molecular complexity index is 353. The molecule has 2 fully saturated rings. The summed E-state index contributed by atoms with van der Waals surface area (Å²) in [5.74, 6) is -0.893. The molecule has 2 aliphatic rings. The molecule has 1 saturated heterocycles. The molecule has 1 saturated carbocycles. The Morgan fingerprint density at radius 1 is 1.35 bits per heavy atom. The summed E-state index contributed by atoms with van der Waals surface area (Å²) in [5.41, 5.74) is 0. The fourth-order valence-corrected chi connectivity index (χ4v) is 2.73. The van der Waals surface area contributed by atoms with Crippen molar-refractivity contribution in [2.45, 2.75) is 44.8 Å². The van der Waals surface area contributed by atoms with Gasteiger partial charge in [0.1, 0.15) is 0 Å². The quantitative estimate of drug-likeness (QED) is 0.752. The summed E-state index contributed by atoms with van der Waals surface area (Å²) in [5, 5.41) is 8.85. The Labute approximate surface area is 119 Å². The van der Waals surface area contributed by atoms with Crippen LogP contribution >= 0.6 is 0 Å². The zero-order valence-electron chi connectivity index (χ0n) is 11.9. The van der Waals surface area contributed by atoms with Gasteiger partial charge in [-0.1, -0.05) is 0 Å². The lowest BCUT2D eigenvalue weighted by Crippen LogP contribution is -2.45. The van der Waals surface area contributed by atoms with Crippen LogP contribution in [0.25, 0.3) is 0 Å². The smallest absolute Gasteiger partial charge is 0.305 e. The van der Waals surface area contributed by atoms with Gasteiger partial charge in [0.05, 0.1) is 18.4 Å². The predicted octanol–water partition coefficient (Wildman–Crippen LogP) is 0.894. The molecule has 20 heavy (non-hydrogen) atoms. The molecule has 1 amide bonds. The number of aliphatic carboxylic acids is 1. The number of rotatable bonds is 7. The first-order valence-electron chi connectivity index (χ1n) is 7.35. The molecule has 114 valence electrons. The van der Waals surface area contributed by atoms with Crippen LogP contribution in [0.15, 0.2) is 0 Å². The lowest BCUT2D eigenvalue weighted by Gasteiger charge is -2.34. The van der Waals surface area contributed by atoms with E-state index in [1.54, 1.807) is 4.90 Å². The second-order valence-corrected chi connectivity index (χ2v) is 5.35. The van der Waals surface area contributed by atoms with Crippen molar-refractivity contribution in [1.29, 1.82) is 0 Å². The summed E-state index contributed by atoms with van der Waals surface area (Å²) >= 11 is 0. The van der Waals surface area contributed by atoms with E-state index >= 15 is 0 Å². The van der Waals surface area contributed by atoms with Crippen molar-refractivity contribution >= 4 is 11.9 Å². The van der Waals surface area contributed by atoms with Crippen LogP contribution in [0.5, 0.6) is 0 Å². The van der Waals surface area contributed by atoms with Crippen molar-refractivity contribution in [3.05, 3.63) is 0 Å². The Kier molecular flexibility index (Phi) is 5.37. The molecular formula is C14H23NO5. The van der Waals surface area contributed by atoms with E-state index in [1.165, 1.54) is 0 Å². The molecule has 1 N–H and O–H groups in total. The van der Waals surface area contributed by atoms with Crippen LogP contribution < -0.4 is 0 Å². The van der Waals surface area contributed by atoms with Crippen molar-refractivity contribution in [1.82, 2.24) is 4.90 Å². The molecule has 6 heteroatoms. The van der Waals surface area contributed by atoms with E-state index in [4.69, 9.17) is 14.6 Å². The highest BCUT2D eigenvalue weighted by Gasteiger charge is 2.47.